The molecule has 0 saturated carbocycles. The van der Waals surface area contributed by atoms with E-state index >= 15 is 0 Å². The van der Waals surface area contributed by atoms with E-state index in [9.17, 15) is 4.79 Å². The van der Waals surface area contributed by atoms with Crippen molar-refractivity contribution in [2.45, 2.75) is 19.5 Å². The van der Waals surface area contributed by atoms with Crippen molar-refractivity contribution in [3.8, 4) is 0 Å². The summed E-state index contributed by atoms with van der Waals surface area (Å²) in [5.41, 5.74) is 1.04. The summed E-state index contributed by atoms with van der Waals surface area (Å²) in [6.07, 6.45) is 2.38. The van der Waals surface area contributed by atoms with Crippen molar-refractivity contribution in [1.29, 1.82) is 0 Å². The molecular formula is C19H23N3O2S. The summed E-state index contributed by atoms with van der Waals surface area (Å²) in [5, 5.41) is 5.10. The molecule has 2 aromatic heterocycles. The second kappa shape index (κ2) is 7.23. The quantitative estimate of drug-likeness (QED) is 0.862. The molecule has 2 fully saturated rings. The number of hydrogen-bond acceptors (Lipinski definition) is 5. The second-order valence-corrected chi connectivity index (χ2v) is 8.13. The summed E-state index contributed by atoms with van der Waals surface area (Å²) < 4.78 is 5.74. The lowest BCUT2D eigenvalue weighted by Crippen LogP contribution is -2.37. The first kappa shape index (κ1) is 16.7. The number of rotatable bonds is 6. The van der Waals surface area contributed by atoms with Crippen LogP contribution in [0.25, 0.3) is 0 Å². The molecule has 1 N–H and O–H groups in total. The minimum absolute atomic E-state index is 0.0473. The number of carbonyl (C=O) groups excluding carboxylic acids is 1. The van der Waals surface area contributed by atoms with Gasteiger partial charge in [-0.25, -0.2) is 0 Å². The first-order chi connectivity index (χ1) is 12.2. The van der Waals surface area contributed by atoms with Gasteiger partial charge in [-0.2, -0.15) is 0 Å². The van der Waals surface area contributed by atoms with Gasteiger partial charge in [0.1, 0.15) is 0 Å². The van der Waals surface area contributed by atoms with E-state index in [1.54, 1.807) is 11.3 Å². The van der Waals surface area contributed by atoms with E-state index in [4.69, 9.17) is 4.74 Å². The van der Waals surface area contributed by atoms with E-state index < -0.39 is 0 Å². The largest absolute Gasteiger partial charge is 0.380 e. The Balaban J connectivity index is 1.36. The van der Waals surface area contributed by atoms with Crippen molar-refractivity contribution in [1.82, 2.24) is 15.2 Å². The van der Waals surface area contributed by atoms with Gasteiger partial charge in [0, 0.05) is 48.5 Å². The molecule has 0 spiro atoms. The molecule has 0 radical (unpaired) electrons. The van der Waals surface area contributed by atoms with Crippen LogP contribution >= 0.6 is 11.3 Å². The predicted octanol–water partition coefficient (Wildman–Crippen LogP) is 2.30. The van der Waals surface area contributed by atoms with Crippen LogP contribution in [0.4, 0.5) is 0 Å². The zero-order valence-corrected chi connectivity index (χ0v) is 15.0. The minimum atomic E-state index is -0.0473. The molecule has 25 heavy (non-hydrogen) atoms. The highest BCUT2D eigenvalue weighted by Gasteiger charge is 2.51. The fraction of sp³-hybridized carbons (Fsp3) is 0.474. The van der Waals surface area contributed by atoms with Crippen LogP contribution in [0, 0.1) is 11.3 Å². The molecule has 4 heterocycles. The standard InChI is InChI=1S/C19H23N3O2S/c23-18(21-9-17-5-3-7-25-17)8-19-13-22(10-15(19)12-24-14-19)11-16-4-1-2-6-20-16/h1-7,15H,8-14H2,(H,21,23)/t15-,19+/m1/s1. The van der Waals surface area contributed by atoms with Crippen LogP contribution in [0.15, 0.2) is 41.9 Å². The Kier molecular flexibility index (Phi) is 4.83. The molecule has 0 aromatic carbocycles. The molecule has 2 atom stereocenters. The minimum Gasteiger partial charge on any atom is -0.380 e. The van der Waals surface area contributed by atoms with Crippen molar-refractivity contribution >= 4 is 17.2 Å². The number of ether oxygens (including phenoxy) is 1. The Morgan fingerprint density at radius 3 is 3.16 bits per heavy atom. The molecule has 4 rings (SSSR count). The fourth-order valence-electron chi connectivity index (χ4n) is 4.02. The highest BCUT2D eigenvalue weighted by molar-refractivity contribution is 7.09. The molecule has 132 valence electrons. The molecule has 2 aliphatic rings. The van der Waals surface area contributed by atoms with Gasteiger partial charge in [-0.05, 0) is 23.6 Å². The Hall–Kier alpha value is -1.76. The number of thiophene rings is 1. The Morgan fingerprint density at radius 1 is 1.40 bits per heavy atom. The summed E-state index contributed by atoms with van der Waals surface area (Å²) >= 11 is 1.67. The predicted molar refractivity (Wildman–Crippen MR) is 97.0 cm³/mol. The highest BCUT2D eigenvalue weighted by atomic mass is 32.1. The molecule has 0 aliphatic carbocycles. The highest BCUT2D eigenvalue weighted by Crippen LogP contribution is 2.44. The van der Waals surface area contributed by atoms with Crippen molar-refractivity contribution in [2.24, 2.45) is 11.3 Å². The summed E-state index contributed by atoms with van der Waals surface area (Å²) in [6.45, 7) is 4.79. The monoisotopic (exact) mass is 357 g/mol. The number of hydrogen-bond donors (Lipinski definition) is 1. The van der Waals surface area contributed by atoms with E-state index in [0.29, 0.717) is 25.5 Å². The van der Waals surface area contributed by atoms with Gasteiger partial charge >= 0.3 is 0 Å². The molecule has 2 aromatic rings. The number of fused-ring (bicyclic) bond motifs is 1. The van der Waals surface area contributed by atoms with Crippen LogP contribution in [0.3, 0.4) is 0 Å². The van der Waals surface area contributed by atoms with Gasteiger partial charge < -0.3 is 10.1 Å². The average molecular weight is 357 g/mol. The first-order valence-corrected chi connectivity index (χ1v) is 9.61. The van der Waals surface area contributed by atoms with Gasteiger partial charge in [-0.15, -0.1) is 11.3 Å². The number of carbonyl (C=O) groups is 1. The van der Waals surface area contributed by atoms with E-state index in [2.05, 4.69) is 27.3 Å². The van der Waals surface area contributed by atoms with Gasteiger partial charge in [-0.1, -0.05) is 12.1 Å². The maximum atomic E-state index is 12.5. The van der Waals surface area contributed by atoms with E-state index in [0.717, 1.165) is 31.9 Å². The molecule has 6 heteroatoms. The number of likely N-dealkylation sites (tertiary alicyclic amines) is 1. The van der Waals surface area contributed by atoms with Crippen LogP contribution in [-0.4, -0.2) is 42.1 Å². The van der Waals surface area contributed by atoms with Crippen molar-refractivity contribution in [3.05, 3.63) is 52.5 Å². The van der Waals surface area contributed by atoms with Crippen molar-refractivity contribution < 1.29 is 9.53 Å². The summed E-state index contributed by atoms with van der Waals surface area (Å²) in [5.74, 6) is 0.562. The van der Waals surface area contributed by atoms with E-state index in [1.165, 1.54) is 4.88 Å². The number of nitrogens with zero attached hydrogens (tertiary/aromatic N) is 2. The second-order valence-electron chi connectivity index (χ2n) is 7.10. The maximum absolute atomic E-state index is 12.5. The van der Waals surface area contributed by atoms with Crippen molar-refractivity contribution in [2.75, 3.05) is 26.3 Å². The van der Waals surface area contributed by atoms with Gasteiger partial charge in [-0.3, -0.25) is 14.7 Å². The summed E-state index contributed by atoms with van der Waals surface area (Å²) in [4.78, 5) is 20.5. The Labute approximate surface area is 152 Å². The molecular weight excluding hydrogens is 334 g/mol. The third-order valence-electron chi connectivity index (χ3n) is 5.26. The van der Waals surface area contributed by atoms with Gasteiger partial charge in [0.15, 0.2) is 0 Å². The fourth-order valence-corrected chi connectivity index (χ4v) is 4.66. The van der Waals surface area contributed by atoms with Crippen LogP contribution < -0.4 is 5.32 Å². The molecule has 1 amide bonds. The Bertz CT molecular complexity index is 707. The summed E-state index contributed by atoms with van der Waals surface area (Å²) in [7, 11) is 0. The lowest BCUT2D eigenvalue weighted by atomic mass is 9.78. The van der Waals surface area contributed by atoms with Crippen LogP contribution in [-0.2, 0) is 22.6 Å². The van der Waals surface area contributed by atoms with Gasteiger partial charge in [0.05, 0.1) is 25.5 Å². The van der Waals surface area contributed by atoms with Gasteiger partial charge in [0.2, 0.25) is 5.91 Å². The molecule has 2 saturated heterocycles. The SMILES string of the molecule is O=C(C[C@]12COC[C@H]1CN(Cc1ccccn1)C2)NCc1cccs1. The number of nitrogens with one attached hydrogen (secondary N) is 1. The third-order valence-corrected chi connectivity index (χ3v) is 6.13. The van der Waals surface area contributed by atoms with Gasteiger partial charge in [0.25, 0.3) is 0 Å². The topological polar surface area (TPSA) is 54.5 Å². The number of pyridine rings is 1. The number of amides is 1. The smallest absolute Gasteiger partial charge is 0.221 e. The molecule has 2 aliphatic heterocycles. The Morgan fingerprint density at radius 2 is 2.36 bits per heavy atom. The zero-order valence-electron chi connectivity index (χ0n) is 14.2. The normalized spacial score (nSPS) is 25.8. The summed E-state index contributed by atoms with van der Waals surface area (Å²) in [6, 6.07) is 10.1. The average Bonchev–Trinajstić information content (AvgIpc) is 3.30. The lowest BCUT2D eigenvalue weighted by molar-refractivity contribution is -0.123. The number of aromatic nitrogens is 1. The van der Waals surface area contributed by atoms with Crippen LogP contribution in [0.5, 0.6) is 0 Å². The molecule has 5 nitrogen and oxygen atoms in total. The molecule has 0 unspecified atom stereocenters. The molecule has 0 bridgehead atoms. The van der Waals surface area contributed by atoms with E-state index in [1.807, 2.05) is 29.8 Å². The maximum Gasteiger partial charge on any atom is 0.221 e. The van der Waals surface area contributed by atoms with Crippen LogP contribution in [0.2, 0.25) is 0 Å². The van der Waals surface area contributed by atoms with Crippen LogP contribution in [0.1, 0.15) is 17.0 Å². The van der Waals surface area contributed by atoms with Crippen molar-refractivity contribution in [3.63, 3.8) is 0 Å². The van der Waals surface area contributed by atoms with E-state index in [-0.39, 0.29) is 11.3 Å². The third kappa shape index (κ3) is 3.76. The first-order valence-electron chi connectivity index (χ1n) is 8.73. The lowest BCUT2D eigenvalue weighted by Gasteiger charge is -2.26. The zero-order chi connectivity index (χ0) is 17.1.